The highest BCUT2D eigenvalue weighted by Gasteiger charge is 2.03. The van der Waals surface area contributed by atoms with E-state index >= 15 is 0 Å². The second-order valence-corrected chi connectivity index (χ2v) is 8.66. The van der Waals surface area contributed by atoms with E-state index in [1.54, 1.807) is 0 Å². The standard InChI is InChI=1S/C9H22OS/c1-9(2)10-7-6-8-11(3,4)5/h9H,6-8H2,1-5H3. The minimum Gasteiger partial charge on any atom is -0.379 e. The molecule has 0 aromatic carbocycles. The van der Waals surface area contributed by atoms with Crippen molar-refractivity contribution in [1.29, 1.82) is 0 Å². The summed E-state index contributed by atoms with van der Waals surface area (Å²) in [4.78, 5) is 0. The maximum Gasteiger partial charge on any atom is 0.0518 e. The fourth-order valence-corrected chi connectivity index (χ4v) is 1.79. The molecule has 0 saturated heterocycles. The van der Waals surface area contributed by atoms with E-state index in [9.17, 15) is 0 Å². The van der Waals surface area contributed by atoms with Crippen molar-refractivity contribution in [2.24, 2.45) is 0 Å². The molecule has 0 rings (SSSR count). The van der Waals surface area contributed by atoms with Gasteiger partial charge in [-0.3, -0.25) is 0 Å². The highest BCUT2D eigenvalue weighted by atomic mass is 32.3. The number of hydrogen-bond donors (Lipinski definition) is 0. The number of hydrogen-bond acceptors (Lipinski definition) is 1. The van der Waals surface area contributed by atoms with Crippen LogP contribution >= 0.6 is 10.0 Å². The van der Waals surface area contributed by atoms with Crippen molar-refractivity contribution < 1.29 is 4.74 Å². The number of ether oxygens (including phenoxy) is 1. The zero-order chi connectivity index (χ0) is 8.91. The van der Waals surface area contributed by atoms with Crippen LogP contribution in [0.25, 0.3) is 0 Å². The van der Waals surface area contributed by atoms with Crippen LogP contribution in [0.2, 0.25) is 0 Å². The molecule has 0 aliphatic carbocycles. The molecule has 0 aliphatic heterocycles. The van der Waals surface area contributed by atoms with E-state index < -0.39 is 0 Å². The van der Waals surface area contributed by atoms with Crippen LogP contribution in [0.3, 0.4) is 0 Å². The summed E-state index contributed by atoms with van der Waals surface area (Å²) >= 11 is 0. The molecular formula is C9H22OS. The first-order valence-electron chi connectivity index (χ1n) is 4.19. The lowest BCUT2D eigenvalue weighted by Crippen LogP contribution is -2.07. The molecule has 70 valence electrons. The van der Waals surface area contributed by atoms with Gasteiger partial charge >= 0.3 is 0 Å². The highest BCUT2D eigenvalue weighted by molar-refractivity contribution is 8.32. The topological polar surface area (TPSA) is 9.23 Å². The van der Waals surface area contributed by atoms with Gasteiger partial charge in [-0.2, -0.15) is 0 Å². The Bertz CT molecular complexity index is 94.2. The summed E-state index contributed by atoms with van der Waals surface area (Å²) in [6.07, 6.45) is 8.66. The van der Waals surface area contributed by atoms with Crippen molar-refractivity contribution in [3.05, 3.63) is 0 Å². The van der Waals surface area contributed by atoms with E-state index in [1.165, 1.54) is 12.2 Å². The molecule has 11 heavy (non-hydrogen) atoms. The summed E-state index contributed by atoms with van der Waals surface area (Å²) in [7, 11) is -0.302. The second-order valence-electron chi connectivity index (χ2n) is 4.07. The van der Waals surface area contributed by atoms with Crippen molar-refractivity contribution in [3.8, 4) is 0 Å². The van der Waals surface area contributed by atoms with Gasteiger partial charge in [-0.25, -0.2) is 10.0 Å². The van der Waals surface area contributed by atoms with Crippen LogP contribution in [-0.2, 0) is 4.74 Å². The fraction of sp³-hybridized carbons (Fsp3) is 1.00. The minimum absolute atomic E-state index is 0.302. The molecule has 2 heteroatoms. The maximum absolute atomic E-state index is 5.45. The summed E-state index contributed by atoms with van der Waals surface area (Å²) < 4.78 is 5.45. The molecule has 0 amide bonds. The van der Waals surface area contributed by atoms with E-state index in [2.05, 4.69) is 32.6 Å². The molecule has 0 fully saturated rings. The first kappa shape index (κ1) is 11.3. The van der Waals surface area contributed by atoms with Crippen LogP contribution in [0, 0.1) is 0 Å². The lowest BCUT2D eigenvalue weighted by molar-refractivity contribution is 0.0799. The van der Waals surface area contributed by atoms with Crippen molar-refractivity contribution in [1.82, 2.24) is 0 Å². The van der Waals surface area contributed by atoms with E-state index in [1.807, 2.05) is 0 Å². The molecule has 0 atom stereocenters. The van der Waals surface area contributed by atoms with E-state index in [0.29, 0.717) is 6.10 Å². The average molecular weight is 178 g/mol. The smallest absolute Gasteiger partial charge is 0.0518 e. The van der Waals surface area contributed by atoms with Gasteiger partial charge in [-0.05, 0) is 44.8 Å². The SMILES string of the molecule is CC(C)OCCCS(C)(C)C. The third-order valence-corrected chi connectivity index (χ3v) is 2.87. The van der Waals surface area contributed by atoms with Crippen LogP contribution in [-0.4, -0.2) is 37.2 Å². The normalized spacial score (nSPS) is 14.0. The highest BCUT2D eigenvalue weighted by Crippen LogP contribution is 2.34. The van der Waals surface area contributed by atoms with Crippen LogP contribution < -0.4 is 0 Å². The van der Waals surface area contributed by atoms with Gasteiger partial charge in [0.15, 0.2) is 0 Å². The third-order valence-electron chi connectivity index (χ3n) is 1.35. The molecule has 0 unspecified atom stereocenters. The van der Waals surface area contributed by atoms with Crippen molar-refractivity contribution >= 4 is 10.0 Å². The Morgan fingerprint density at radius 1 is 1.18 bits per heavy atom. The van der Waals surface area contributed by atoms with Gasteiger partial charge in [-0.1, -0.05) is 0 Å². The minimum atomic E-state index is -0.302. The van der Waals surface area contributed by atoms with Gasteiger partial charge in [0.05, 0.1) is 6.10 Å². The van der Waals surface area contributed by atoms with Crippen LogP contribution in [0.4, 0.5) is 0 Å². The van der Waals surface area contributed by atoms with Crippen LogP contribution in [0.5, 0.6) is 0 Å². The van der Waals surface area contributed by atoms with Gasteiger partial charge in [0, 0.05) is 6.61 Å². The molecule has 0 N–H and O–H groups in total. The van der Waals surface area contributed by atoms with E-state index in [-0.39, 0.29) is 10.0 Å². The summed E-state index contributed by atoms with van der Waals surface area (Å²) in [5.74, 6) is 1.33. The summed E-state index contributed by atoms with van der Waals surface area (Å²) in [6, 6.07) is 0. The quantitative estimate of drug-likeness (QED) is 0.588. The third kappa shape index (κ3) is 10.3. The van der Waals surface area contributed by atoms with Crippen molar-refractivity contribution in [3.63, 3.8) is 0 Å². The monoisotopic (exact) mass is 178 g/mol. The summed E-state index contributed by atoms with van der Waals surface area (Å²) in [5.41, 5.74) is 0. The molecule has 0 aromatic heterocycles. The largest absolute Gasteiger partial charge is 0.379 e. The van der Waals surface area contributed by atoms with Gasteiger partial charge in [0.2, 0.25) is 0 Å². The molecule has 0 heterocycles. The Hall–Kier alpha value is 0.310. The molecule has 0 aliphatic rings. The molecule has 0 saturated carbocycles. The Kier molecular flexibility index (Phi) is 5.19. The predicted octanol–water partition coefficient (Wildman–Crippen LogP) is 2.50. The van der Waals surface area contributed by atoms with Crippen molar-refractivity contribution in [2.45, 2.75) is 26.4 Å². The second kappa shape index (κ2) is 5.04. The Balaban J connectivity index is 3.15. The molecule has 0 aromatic rings. The molecular weight excluding hydrogens is 156 g/mol. The van der Waals surface area contributed by atoms with Crippen LogP contribution in [0.15, 0.2) is 0 Å². The number of rotatable bonds is 5. The molecule has 0 spiro atoms. The predicted molar refractivity (Wildman–Crippen MR) is 55.9 cm³/mol. The summed E-state index contributed by atoms with van der Waals surface area (Å²) in [5, 5.41) is 0. The van der Waals surface area contributed by atoms with Crippen molar-refractivity contribution in [2.75, 3.05) is 31.1 Å². The average Bonchev–Trinajstić information content (AvgIpc) is 1.78. The molecule has 1 nitrogen and oxygen atoms in total. The Morgan fingerprint density at radius 3 is 2.09 bits per heavy atom. The van der Waals surface area contributed by atoms with Gasteiger partial charge in [-0.15, -0.1) is 0 Å². The maximum atomic E-state index is 5.45. The summed E-state index contributed by atoms with van der Waals surface area (Å²) in [6.45, 7) is 5.11. The molecule has 0 bridgehead atoms. The van der Waals surface area contributed by atoms with E-state index in [4.69, 9.17) is 4.74 Å². The zero-order valence-corrected chi connectivity index (χ0v) is 9.33. The van der Waals surface area contributed by atoms with Gasteiger partial charge in [0.1, 0.15) is 0 Å². The van der Waals surface area contributed by atoms with Gasteiger partial charge < -0.3 is 4.74 Å². The first-order valence-corrected chi connectivity index (χ1v) is 7.22. The lowest BCUT2D eigenvalue weighted by Gasteiger charge is -2.24. The fourth-order valence-electron chi connectivity index (χ4n) is 0.811. The van der Waals surface area contributed by atoms with E-state index in [0.717, 1.165) is 6.61 Å². The van der Waals surface area contributed by atoms with Gasteiger partial charge in [0.25, 0.3) is 0 Å². The van der Waals surface area contributed by atoms with Crippen LogP contribution in [0.1, 0.15) is 20.3 Å². The molecule has 0 radical (unpaired) electrons. The zero-order valence-electron chi connectivity index (χ0n) is 8.52. The Morgan fingerprint density at radius 2 is 1.73 bits per heavy atom. The first-order chi connectivity index (χ1) is 4.92. The lowest BCUT2D eigenvalue weighted by atomic mass is 10.4. The Labute approximate surface area is 72.8 Å².